The maximum atomic E-state index is 9.46. The van der Waals surface area contributed by atoms with E-state index in [1.807, 2.05) is 6.92 Å². The summed E-state index contributed by atoms with van der Waals surface area (Å²) in [5, 5.41) is 9.46. The van der Waals surface area contributed by atoms with Gasteiger partial charge in [-0.15, -0.1) is 0 Å². The lowest BCUT2D eigenvalue weighted by Gasteiger charge is -2.36. The number of nitrogens with zero attached hydrogens (tertiary/aromatic N) is 1. The maximum absolute atomic E-state index is 9.46. The first-order valence-corrected chi connectivity index (χ1v) is 7.35. The number of piperidine rings is 1. The van der Waals surface area contributed by atoms with Gasteiger partial charge in [-0.25, -0.2) is 0 Å². The van der Waals surface area contributed by atoms with Gasteiger partial charge in [-0.2, -0.15) is 0 Å². The van der Waals surface area contributed by atoms with E-state index in [0.717, 1.165) is 23.0 Å². The van der Waals surface area contributed by atoms with Crippen LogP contribution in [-0.2, 0) is 0 Å². The Morgan fingerprint density at radius 2 is 2.28 bits per heavy atom. The number of halogens is 1. The van der Waals surface area contributed by atoms with Crippen molar-refractivity contribution < 1.29 is 5.11 Å². The van der Waals surface area contributed by atoms with Crippen LogP contribution in [0.15, 0.2) is 22.7 Å². The SMILES string of the molecule is CC(N)c1ccc(N2CCCCC2CO)cc1Br. The van der Waals surface area contributed by atoms with Crippen molar-refractivity contribution >= 4 is 21.6 Å². The van der Waals surface area contributed by atoms with Gasteiger partial charge in [0, 0.05) is 22.7 Å². The number of hydrogen-bond acceptors (Lipinski definition) is 3. The van der Waals surface area contributed by atoms with Gasteiger partial charge in [-0.05, 0) is 43.9 Å². The molecule has 0 spiro atoms. The van der Waals surface area contributed by atoms with Crippen LogP contribution < -0.4 is 10.6 Å². The van der Waals surface area contributed by atoms with Crippen molar-refractivity contribution in [2.75, 3.05) is 18.1 Å². The van der Waals surface area contributed by atoms with E-state index in [4.69, 9.17) is 5.73 Å². The van der Waals surface area contributed by atoms with Crippen molar-refractivity contribution in [1.29, 1.82) is 0 Å². The first-order chi connectivity index (χ1) is 8.63. The molecule has 1 aromatic rings. The smallest absolute Gasteiger partial charge is 0.0635 e. The molecule has 1 heterocycles. The van der Waals surface area contributed by atoms with Crippen LogP contribution in [0.25, 0.3) is 0 Å². The summed E-state index contributed by atoms with van der Waals surface area (Å²) in [4.78, 5) is 2.30. The van der Waals surface area contributed by atoms with E-state index in [-0.39, 0.29) is 18.7 Å². The summed E-state index contributed by atoms with van der Waals surface area (Å²) in [7, 11) is 0. The lowest BCUT2D eigenvalue weighted by atomic mass is 10.0. The van der Waals surface area contributed by atoms with E-state index in [1.54, 1.807) is 0 Å². The maximum Gasteiger partial charge on any atom is 0.0635 e. The monoisotopic (exact) mass is 312 g/mol. The number of aliphatic hydroxyl groups is 1. The third kappa shape index (κ3) is 2.87. The predicted molar refractivity (Wildman–Crippen MR) is 78.8 cm³/mol. The fourth-order valence-corrected chi connectivity index (χ4v) is 3.32. The van der Waals surface area contributed by atoms with Crippen molar-refractivity contribution in [3.05, 3.63) is 28.2 Å². The number of hydrogen-bond donors (Lipinski definition) is 2. The lowest BCUT2D eigenvalue weighted by molar-refractivity contribution is 0.240. The highest BCUT2D eigenvalue weighted by atomic mass is 79.9. The van der Waals surface area contributed by atoms with E-state index >= 15 is 0 Å². The molecular weight excluding hydrogens is 292 g/mol. The molecule has 1 saturated heterocycles. The Morgan fingerprint density at radius 3 is 2.89 bits per heavy atom. The summed E-state index contributed by atoms with van der Waals surface area (Å²) in [6, 6.07) is 6.59. The van der Waals surface area contributed by atoms with Crippen LogP contribution in [0.5, 0.6) is 0 Å². The van der Waals surface area contributed by atoms with Gasteiger partial charge in [0.15, 0.2) is 0 Å². The van der Waals surface area contributed by atoms with Gasteiger partial charge in [-0.3, -0.25) is 0 Å². The standard InChI is InChI=1S/C14H21BrN2O/c1-10(16)13-6-5-11(8-14(13)15)17-7-3-2-4-12(17)9-18/h5-6,8,10,12,18H,2-4,7,9,16H2,1H3. The molecule has 18 heavy (non-hydrogen) atoms. The van der Waals surface area contributed by atoms with Crippen LogP contribution in [0.2, 0.25) is 0 Å². The Bertz CT molecular complexity index is 409. The Hall–Kier alpha value is -0.580. The Kier molecular flexibility index (Phi) is 4.65. The average Bonchev–Trinajstić information content (AvgIpc) is 2.38. The summed E-state index contributed by atoms with van der Waals surface area (Å²) in [6.45, 7) is 3.24. The third-order valence-electron chi connectivity index (χ3n) is 3.64. The lowest BCUT2D eigenvalue weighted by Crippen LogP contribution is -2.41. The molecule has 2 atom stereocenters. The molecule has 3 nitrogen and oxygen atoms in total. The molecule has 1 fully saturated rings. The van der Waals surface area contributed by atoms with Crippen LogP contribution >= 0.6 is 15.9 Å². The van der Waals surface area contributed by atoms with E-state index in [9.17, 15) is 5.11 Å². The molecule has 0 aliphatic carbocycles. The molecule has 4 heteroatoms. The minimum Gasteiger partial charge on any atom is -0.394 e. The van der Waals surface area contributed by atoms with Crippen LogP contribution in [0.3, 0.4) is 0 Å². The number of benzene rings is 1. The minimum absolute atomic E-state index is 0.0309. The quantitative estimate of drug-likeness (QED) is 0.902. The van der Waals surface area contributed by atoms with E-state index in [2.05, 4.69) is 39.0 Å². The molecule has 0 radical (unpaired) electrons. The summed E-state index contributed by atoms with van der Waals surface area (Å²) in [5.74, 6) is 0. The molecule has 1 aliphatic rings. The minimum atomic E-state index is 0.0309. The number of rotatable bonds is 3. The highest BCUT2D eigenvalue weighted by Crippen LogP contribution is 2.30. The third-order valence-corrected chi connectivity index (χ3v) is 4.33. The first kappa shape index (κ1) is 13.8. The molecular formula is C14H21BrN2O. The molecule has 0 aromatic heterocycles. The van der Waals surface area contributed by atoms with E-state index in [1.165, 1.54) is 18.5 Å². The van der Waals surface area contributed by atoms with Crippen molar-refractivity contribution in [3.8, 4) is 0 Å². The van der Waals surface area contributed by atoms with Crippen molar-refractivity contribution in [3.63, 3.8) is 0 Å². The Labute approximate surface area is 117 Å². The van der Waals surface area contributed by atoms with Crippen LogP contribution in [0.1, 0.15) is 37.8 Å². The summed E-state index contributed by atoms with van der Waals surface area (Å²) < 4.78 is 1.05. The second-order valence-corrected chi connectivity index (χ2v) is 5.87. The van der Waals surface area contributed by atoms with E-state index in [0.29, 0.717) is 0 Å². The van der Waals surface area contributed by atoms with Crippen LogP contribution in [-0.4, -0.2) is 24.3 Å². The Balaban J connectivity index is 2.24. The van der Waals surface area contributed by atoms with Crippen LogP contribution in [0.4, 0.5) is 5.69 Å². The largest absolute Gasteiger partial charge is 0.394 e. The van der Waals surface area contributed by atoms with Gasteiger partial charge in [0.25, 0.3) is 0 Å². The van der Waals surface area contributed by atoms with E-state index < -0.39 is 0 Å². The predicted octanol–water partition coefficient (Wildman–Crippen LogP) is 2.82. The molecule has 0 saturated carbocycles. The number of anilines is 1. The summed E-state index contributed by atoms with van der Waals surface area (Å²) >= 11 is 3.59. The van der Waals surface area contributed by atoms with Crippen molar-refractivity contribution in [2.45, 2.75) is 38.3 Å². The van der Waals surface area contributed by atoms with Crippen molar-refractivity contribution in [1.82, 2.24) is 0 Å². The molecule has 2 rings (SSSR count). The molecule has 2 unspecified atom stereocenters. The molecule has 100 valence electrons. The fraction of sp³-hybridized carbons (Fsp3) is 0.571. The van der Waals surface area contributed by atoms with Gasteiger partial charge < -0.3 is 15.7 Å². The van der Waals surface area contributed by atoms with Gasteiger partial charge in [0.1, 0.15) is 0 Å². The highest BCUT2D eigenvalue weighted by Gasteiger charge is 2.22. The number of nitrogens with two attached hydrogens (primary N) is 1. The van der Waals surface area contributed by atoms with Gasteiger partial charge in [-0.1, -0.05) is 22.0 Å². The average molecular weight is 313 g/mol. The fourth-order valence-electron chi connectivity index (χ4n) is 2.59. The highest BCUT2D eigenvalue weighted by molar-refractivity contribution is 9.10. The summed E-state index contributed by atoms with van der Waals surface area (Å²) in [6.07, 6.45) is 3.48. The first-order valence-electron chi connectivity index (χ1n) is 6.56. The zero-order valence-corrected chi connectivity index (χ0v) is 12.4. The van der Waals surface area contributed by atoms with Crippen LogP contribution in [0, 0.1) is 0 Å². The normalized spacial score (nSPS) is 22.0. The molecule has 1 aliphatic heterocycles. The zero-order chi connectivity index (χ0) is 13.1. The molecule has 1 aromatic carbocycles. The van der Waals surface area contributed by atoms with Gasteiger partial charge in [0.05, 0.1) is 12.6 Å². The van der Waals surface area contributed by atoms with Gasteiger partial charge in [0.2, 0.25) is 0 Å². The zero-order valence-electron chi connectivity index (χ0n) is 10.8. The molecule has 0 bridgehead atoms. The summed E-state index contributed by atoms with van der Waals surface area (Å²) in [5.41, 5.74) is 8.21. The topological polar surface area (TPSA) is 49.5 Å². The second-order valence-electron chi connectivity index (χ2n) is 5.02. The number of aliphatic hydroxyl groups excluding tert-OH is 1. The molecule has 0 amide bonds. The van der Waals surface area contributed by atoms with Gasteiger partial charge >= 0.3 is 0 Å². The molecule has 3 N–H and O–H groups in total. The van der Waals surface area contributed by atoms with Crippen molar-refractivity contribution in [2.24, 2.45) is 5.73 Å². The Morgan fingerprint density at radius 1 is 1.50 bits per heavy atom. The second kappa shape index (κ2) is 6.04.